The van der Waals surface area contributed by atoms with Crippen molar-refractivity contribution in [2.24, 2.45) is 23.7 Å². The maximum absolute atomic E-state index is 4.65. The molecule has 0 saturated heterocycles. The van der Waals surface area contributed by atoms with Crippen molar-refractivity contribution in [2.45, 2.75) is 64.3 Å². The summed E-state index contributed by atoms with van der Waals surface area (Å²) in [5, 5.41) is 3.49. The first-order valence-corrected chi connectivity index (χ1v) is 8.88. The van der Waals surface area contributed by atoms with Gasteiger partial charge in [-0.2, -0.15) is 0 Å². The third kappa shape index (κ3) is 2.54. The van der Waals surface area contributed by atoms with Gasteiger partial charge >= 0.3 is 0 Å². The Labute approximate surface area is 128 Å². The van der Waals surface area contributed by atoms with Gasteiger partial charge in [0.1, 0.15) is 5.82 Å². The molecule has 0 spiro atoms. The van der Waals surface area contributed by atoms with Crippen LogP contribution in [-0.4, -0.2) is 16.5 Å². The van der Waals surface area contributed by atoms with Gasteiger partial charge in [-0.1, -0.05) is 13.8 Å². The molecule has 0 aromatic carbocycles. The summed E-state index contributed by atoms with van der Waals surface area (Å²) in [7, 11) is 0. The first kappa shape index (κ1) is 13.8. The van der Waals surface area contributed by atoms with Gasteiger partial charge < -0.3 is 10.3 Å². The summed E-state index contributed by atoms with van der Waals surface area (Å²) in [4.78, 5) is 8.32. The lowest BCUT2D eigenvalue weighted by atomic mass is 9.49. The largest absolute Gasteiger partial charge is 0.344 e. The number of aromatic amines is 1. The highest BCUT2D eigenvalue weighted by atomic mass is 15.0. The van der Waals surface area contributed by atoms with Crippen LogP contribution in [0.3, 0.4) is 0 Å². The van der Waals surface area contributed by atoms with E-state index in [0.717, 1.165) is 36.7 Å². The summed E-state index contributed by atoms with van der Waals surface area (Å²) in [6.07, 6.45) is 10.9. The average molecular weight is 287 g/mol. The third-order valence-electron chi connectivity index (χ3n) is 6.08. The predicted molar refractivity (Wildman–Crippen MR) is 85.0 cm³/mol. The predicted octanol–water partition coefficient (Wildman–Crippen LogP) is 3.62. The fraction of sp³-hybridized carbons (Fsp3) is 0.833. The first-order valence-electron chi connectivity index (χ1n) is 8.88. The molecule has 1 heterocycles. The molecule has 3 nitrogen and oxygen atoms in total. The zero-order valence-electron chi connectivity index (χ0n) is 13.5. The Kier molecular flexibility index (Phi) is 3.36. The molecule has 4 bridgehead atoms. The minimum absolute atomic E-state index is 0.456. The molecule has 4 saturated carbocycles. The van der Waals surface area contributed by atoms with Crippen LogP contribution in [0.25, 0.3) is 0 Å². The van der Waals surface area contributed by atoms with Gasteiger partial charge in [0.2, 0.25) is 0 Å². The minimum atomic E-state index is 0.456. The molecule has 1 aromatic rings. The Morgan fingerprint density at radius 1 is 1.19 bits per heavy atom. The van der Waals surface area contributed by atoms with Crippen molar-refractivity contribution in [3.05, 3.63) is 17.7 Å². The molecule has 3 heteroatoms. The van der Waals surface area contributed by atoms with Crippen molar-refractivity contribution in [2.75, 3.05) is 6.54 Å². The highest BCUT2D eigenvalue weighted by Crippen LogP contribution is 2.60. The van der Waals surface area contributed by atoms with E-state index in [1.807, 2.05) is 0 Å². The number of hydrogen-bond donors (Lipinski definition) is 2. The molecule has 21 heavy (non-hydrogen) atoms. The molecule has 0 radical (unpaired) electrons. The van der Waals surface area contributed by atoms with Crippen molar-refractivity contribution >= 4 is 0 Å². The Hall–Kier alpha value is -0.830. The molecule has 2 N–H and O–H groups in total. The van der Waals surface area contributed by atoms with E-state index in [-0.39, 0.29) is 0 Å². The highest BCUT2D eigenvalue weighted by molar-refractivity contribution is 5.22. The van der Waals surface area contributed by atoms with Crippen LogP contribution in [-0.2, 0) is 12.0 Å². The molecule has 1 aromatic heterocycles. The van der Waals surface area contributed by atoms with E-state index in [1.165, 1.54) is 44.2 Å². The zero-order chi connectivity index (χ0) is 14.4. The molecule has 116 valence electrons. The Morgan fingerprint density at radius 3 is 2.38 bits per heavy atom. The smallest absolute Gasteiger partial charge is 0.120 e. The minimum Gasteiger partial charge on any atom is -0.344 e. The van der Waals surface area contributed by atoms with Crippen LogP contribution in [0.4, 0.5) is 0 Å². The Bertz CT molecular complexity index is 467. The van der Waals surface area contributed by atoms with Gasteiger partial charge in [-0.25, -0.2) is 4.98 Å². The molecule has 0 amide bonds. The van der Waals surface area contributed by atoms with Crippen LogP contribution in [0, 0.1) is 23.7 Å². The van der Waals surface area contributed by atoms with E-state index in [4.69, 9.17) is 0 Å². The normalized spacial score (nSPS) is 37.6. The number of nitrogens with one attached hydrogen (secondary N) is 2. The molecular weight excluding hydrogens is 258 g/mol. The van der Waals surface area contributed by atoms with Gasteiger partial charge in [0.25, 0.3) is 0 Å². The molecule has 4 aliphatic carbocycles. The molecule has 5 rings (SSSR count). The Balaban J connectivity index is 1.48. The SMILES string of the molecule is CC(C)CNCc1ncc(C23CC4CC(CC(C4)C2)C3)[nH]1. The standard InChI is InChI=1S/C18H29N3/c1-12(2)9-19-11-17-20-10-16(21-17)18-6-13-3-14(7-18)5-15(4-13)8-18/h10,12-15,19H,3-9,11H2,1-2H3,(H,20,21). The van der Waals surface area contributed by atoms with Crippen LogP contribution < -0.4 is 5.32 Å². The fourth-order valence-electron chi connectivity index (χ4n) is 5.64. The average Bonchev–Trinajstić information content (AvgIpc) is 2.86. The van der Waals surface area contributed by atoms with Crippen LogP contribution >= 0.6 is 0 Å². The lowest BCUT2D eigenvalue weighted by Gasteiger charge is -2.56. The van der Waals surface area contributed by atoms with Crippen LogP contribution in [0.1, 0.15) is 63.9 Å². The van der Waals surface area contributed by atoms with Gasteiger partial charge in [0.15, 0.2) is 0 Å². The zero-order valence-corrected chi connectivity index (χ0v) is 13.5. The van der Waals surface area contributed by atoms with Gasteiger partial charge in [-0.3, -0.25) is 0 Å². The number of H-pyrrole nitrogens is 1. The Morgan fingerprint density at radius 2 is 1.81 bits per heavy atom. The second-order valence-electron chi connectivity index (χ2n) is 8.47. The lowest BCUT2D eigenvalue weighted by Crippen LogP contribution is -2.48. The molecular formula is C18H29N3. The molecule has 0 unspecified atom stereocenters. The van der Waals surface area contributed by atoms with Gasteiger partial charge in [-0.15, -0.1) is 0 Å². The topological polar surface area (TPSA) is 40.7 Å². The van der Waals surface area contributed by atoms with Crippen molar-refractivity contribution < 1.29 is 0 Å². The molecule has 4 fully saturated rings. The number of rotatable bonds is 5. The monoisotopic (exact) mass is 287 g/mol. The maximum Gasteiger partial charge on any atom is 0.120 e. The molecule has 4 aliphatic rings. The van der Waals surface area contributed by atoms with Gasteiger partial charge in [0, 0.05) is 17.3 Å². The fourth-order valence-corrected chi connectivity index (χ4v) is 5.64. The van der Waals surface area contributed by atoms with Crippen molar-refractivity contribution in [3.8, 4) is 0 Å². The molecule has 0 atom stereocenters. The second-order valence-corrected chi connectivity index (χ2v) is 8.47. The van der Waals surface area contributed by atoms with E-state index in [0.29, 0.717) is 11.3 Å². The van der Waals surface area contributed by atoms with Gasteiger partial charge in [-0.05, 0) is 68.7 Å². The second kappa shape index (κ2) is 5.12. The highest BCUT2D eigenvalue weighted by Gasteiger charge is 2.52. The maximum atomic E-state index is 4.65. The van der Waals surface area contributed by atoms with E-state index in [2.05, 4.69) is 35.3 Å². The number of hydrogen-bond acceptors (Lipinski definition) is 2. The summed E-state index contributed by atoms with van der Waals surface area (Å²) in [5.41, 5.74) is 1.90. The summed E-state index contributed by atoms with van der Waals surface area (Å²) in [5.74, 6) is 4.83. The van der Waals surface area contributed by atoms with Gasteiger partial charge in [0.05, 0.1) is 6.54 Å². The number of imidazole rings is 1. The van der Waals surface area contributed by atoms with Crippen LogP contribution in [0.2, 0.25) is 0 Å². The van der Waals surface area contributed by atoms with Crippen molar-refractivity contribution in [3.63, 3.8) is 0 Å². The van der Waals surface area contributed by atoms with Crippen LogP contribution in [0.5, 0.6) is 0 Å². The van der Waals surface area contributed by atoms with E-state index < -0.39 is 0 Å². The van der Waals surface area contributed by atoms with E-state index in [9.17, 15) is 0 Å². The number of nitrogens with zero attached hydrogens (tertiary/aromatic N) is 1. The summed E-state index contributed by atoms with van der Waals surface area (Å²) < 4.78 is 0. The number of aromatic nitrogens is 2. The van der Waals surface area contributed by atoms with Crippen molar-refractivity contribution in [1.29, 1.82) is 0 Å². The lowest BCUT2D eigenvalue weighted by molar-refractivity contribution is -0.00706. The third-order valence-corrected chi connectivity index (χ3v) is 6.08. The van der Waals surface area contributed by atoms with E-state index in [1.54, 1.807) is 0 Å². The van der Waals surface area contributed by atoms with E-state index >= 15 is 0 Å². The quantitative estimate of drug-likeness (QED) is 0.868. The van der Waals surface area contributed by atoms with Crippen molar-refractivity contribution in [1.82, 2.24) is 15.3 Å². The molecule has 0 aliphatic heterocycles. The summed E-state index contributed by atoms with van der Waals surface area (Å²) in [6.45, 7) is 6.43. The summed E-state index contributed by atoms with van der Waals surface area (Å²) >= 11 is 0. The van der Waals surface area contributed by atoms with Crippen LogP contribution in [0.15, 0.2) is 6.20 Å². The first-order chi connectivity index (χ1) is 10.1. The summed E-state index contributed by atoms with van der Waals surface area (Å²) in [6, 6.07) is 0.